The summed E-state index contributed by atoms with van der Waals surface area (Å²) in [5.74, 6) is -1.10. The van der Waals surface area contributed by atoms with Gasteiger partial charge in [0, 0.05) is 32.6 Å². The number of aryl methyl sites for hydroxylation is 1. The molecule has 3 aromatic rings. The van der Waals surface area contributed by atoms with E-state index >= 15 is 0 Å². The first-order valence-corrected chi connectivity index (χ1v) is 13.3. The number of nitrogens with zero attached hydrogens (tertiary/aromatic N) is 3. The number of hydrogen-bond acceptors (Lipinski definition) is 7. The molecular weight excluding hydrogens is 501 g/mol. The van der Waals surface area contributed by atoms with Crippen molar-refractivity contribution in [3.8, 4) is 0 Å². The van der Waals surface area contributed by atoms with Crippen molar-refractivity contribution in [1.29, 1.82) is 0 Å². The third-order valence-corrected chi connectivity index (χ3v) is 8.37. The molecule has 0 aliphatic carbocycles. The van der Waals surface area contributed by atoms with E-state index in [2.05, 4.69) is 9.88 Å². The van der Waals surface area contributed by atoms with Gasteiger partial charge >= 0.3 is 0 Å². The summed E-state index contributed by atoms with van der Waals surface area (Å²) >= 11 is 1.23. The van der Waals surface area contributed by atoms with Crippen molar-refractivity contribution in [2.45, 2.75) is 18.2 Å². The topological polar surface area (TPSA) is 79.8 Å². The van der Waals surface area contributed by atoms with Gasteiger partial charge in [-0.1, -0.05) is 35.1 Å². The Hall–Kier alpha value is -2.11. The van der Waals surface area contributed by atoms with Gasteiger partial charge in [-0.3, -0.25) is 14.6 Å². The monoisotopic (exact) mass is 527 g/mol. The molecule has 0 saturated carbocycles. The summed E-state index contributed by atoms with van der Waals surface area (Å²) in [7, 11) is -3.61. The maximum absolute atomic E-state index is 14.2. The molecule has 1 aromatic heterocycles. The number of benzene rings is 2. The lowest BCUT2D eigenvalue weighted by Gasteiger charge is -2.29. The van der Waals surface area contributed by atoms with E-state index in [0.717, 1.165) is 18.7 Å². The lowest BCUT2D eigenvalue weighted by molar-refractivity contribution is -0.118. The van der Waals surface area contributed by atoms with Crippen LogP contribution in [-0.4, -0.2) is 69.4 Å². The largest absolute Gasteiger partial charge is 0.379 e. The van der Waals surface area contributed by atoms with Gasteiger partial charge in [0.25, 0.3) is 0 Å². The zero-order valence-corrected chi connectivity index (χ0v) is 21.2. The third-order valence-electron chi connectivity index (χ3n) is 5.60. The van der Waals surface area contributed by atoms with E-state index in [9.17, 15) is 17.6 Å². The molecule has 0 bridgehead atoms. The molecule has 1 amide bonds. The first kappa shape index (κ1) is 26.5. The minimum Gasteiger partial charge on any atom is -0.379 e. The second kappa shape index (κ2) is 11.5. The average molecular weight is 528 g/mol. The van der Waals surface area contributed by atoms with Gasteiger partial charge in [-0.05, 0) is 31.2 Å². The van der Waals surface area contributed by atoms with Gasteiger partial charge < -0.3 is 4.74 Å². The highest BCUT2D eigenvalue weighted by atomic mass is 35.5. The van der Waals surface area contributed by atoms with Gasteiger partial charge in [0.1, 0.15) is 11.3 Å². The van der Waals surface area contributed by atoms with E-state index in [1.807, 2.05) is 6.92 Å². The fourth-order valence-corrected chi connectivity index (χ4v) is 5.89. The number of aromatic nitrogens is 1. The fourth-order valence-electron chi connectivity index (χ4n) is 3.63. The third kappa shape index (κ3) is 6.31. The fraction of sp³-hybridized carbons (Fsp3) is 0.391. The predicted molar refractivity (Wildman–Crippen MR) is 134 cm³/mol. The van der Waals surface area contributed by atoms with Crippen LogP contribution in [0, 0.1) is 12.7 Å². The van der Waals surface area contributed by atoms with Crippen LogP contribution >= 0.6 is 23.7 Å². The Morgan fingerprint density at radius 3 is 2.56 bits per heavy atom. The molecule has 11 heteroatoms. The average Bonchev–Trinajstić information content (AvgIpc) is 3.24. The molecule has 34 heavy (non-hydrogen) atoms. The molecule has 1 aliphatic heterocycles. The van der Waals surface area contributed by atoms with Crippen LogP contribution in [-0.2, 0) is 19.4 Å². The molecule has 2 aromatic carbocycles. The van der Waals surface area contributed by atoms with E-state index in [0.29, 0.717) is 36.1 Å². The van der Waals surface area contributed by atoms with Crippen molar-refractivity contribution in [3.63, 3.8) is 0 Å². The Labute approximate surface area is 208 Å². The van der Waals surface area contributed by atoms with Crippen LogP contribution in [0.25, 0.3) is 10.2 Å². The number of rotatable bonds is 8. The summed E-state index contributed by atoms with van der Waals surface area (Å²) in [5, 5.41) is 0.376. The van der Waals surface area contributed by atoms with Gasteiger partial charge in [0.15, 0.2) is 15.0 Å². The number of hydrogen-bond donors (Lipinski definition) is 0. The second-order valence-electron chi connectivity index (χ2n) is 7.96. The lowest BCUT2D eigenvalue weighted by Crippen LogP contribution is -2.43. The quantitative estimate of drug-likeness (QED) is 0.444. The number of thiazole rings is 1. The van der Waals surface area contributed by atoms with Crippen LogP contribution in [0.4, 0.5) is 9.52 Å². The number of para-hydroxylation sites is 1. The number of sulfone groups is 1. The highest BCUT2D eigenvalue weighted by molar-refractivity contribution is 7.91. The number of morpholine rings is 1. The van der Waals surface area contributed by atoms with Gasteiger partial charge in [-0.2, -0.15) is 0 Å². The van der Waals surface area contributed by atoms with E-state index in [4.69, 9.17) is 4.74 Å². The Kier molecular flexibility index (Phi) is 9.00. The normalized spacial score (nSPS) is 14.6. The molecule has 1 aliphatic rings. The highest BCUT2D eigenvalue weighted by Crippen LogP contribution is 2.30. The summed E-state index contributed by atoms with van der Waals surface area (Å²) in [6.45, 7) is 5.61. The number of anilines is 1. The van der Waals surface area contributed by atoms with E-state index in [1.165, 1.54) is 22.3 Å². The first-order chi connectivity index (χ1) is 15.8. The number of amides is 1. The van der Waals surface area contributed by atoms with Gasteiger partial charge in [-0.15, -0.1) is 12.4 Å². The summed E-state index contributed by atoms with van der Waals surface area (Å²) in [6.07, 6.45) is -0.183. The van der Waals surface area contributed by atoms with Crippen LogP contribution in [0.1, 0.15) is 12.0 Å². The van der Waals surface area contributed by atoms with Crippen LogP contribution in [0.5, 0.6) is 0 Å². The molecule has 1 fully saturated rings. The minimum atomic E-state index is -3.61. The Balaban J connectivity index is 0.00000324. The van der Waals surface area contributed by atoms with Crippen LogP contribution < -0.4 is 4.90 Å². The Morgan fingerprint density at radius 2 is 1.88 bits per heavy atom. The SMILES string of the molecule is Cc1ccc(S(=O)(=O)CCC(=O)N(CCN2CCOCC2)c2nc3c(F)cccc3s2)cc1.Cl. The standard InChI is InChI=1S/C23H26FN3O4S2.ClH/c1-17-5-7-18(8-6-17)33(29,30)16-9-21(28)27(11-10-26-12-14-31-15-13-26)23-25-22-19(24)3-2-4-20(22)32-23;/h2-8H,9-16H2,1H3;1H. The van der Waals surface area contributed by atoms with Crippen LogP contribution in [0.2, 0.25) is 0 Å². The van der Waals surface area contributed by atoms with Crippen molar-refractivity contribution in [1.82, 2.24) is 9.88 Å². The van der Waals surface area contributed by atoms with Crippen molar-refractivity contribution in [2.24, 2.45) is 0 Å². The molecule has 0 spiro atoms. The zero-order valence-electron chi connectivity index (χ0n) is 18.8. The Morgan fingerprint density at radius 1 is 1.18 bits per heavy atom. The number of fused-ring (bicyclic) bond motifs is 1. The molecule has 2 heterocycles. The van der Waals surface area contributed by atoms with Crippen molar-refractivity contribution in [2.75, 3.05) is 50.0 Å². The van der Waals surface area contributed by atoms with E-state index in [1.54, 1.807) is 36.4 Å². The summed E-state index contributed by atoms with van der Waals surface area (Å²) in [6, 6.07) is 11.3. The van der Waals surface area contributed by atoms with E-state index < -0.39 is 15.7 Å². The molecule has 4 rings (SSSR count). The Bertz CT molecular complexity index is 1230. The molecular formula is C23H27ClFN3O4S2. The minimum absolute atomic E-state index is 0. The van der Waals surface area contributed by atoms with Crippen molar-refractivity contribution in [3.05, 3.63) is 53.8 Å². The molecule has 0 atom stereocenters. The van der Waals surface area contributed by atoms with Crippen molar-refractivity contribution < 1.29 is 22.3 Å². The zero-order chi connectivity index (χ0) is 23.4. The molecule has 0 N–H and O–H groups in total. The number of carbonyl (C=O) groups is 1. The highest BCUT2D eigenvalue weighted by Gasteiger charge is 2.24. The number of halogens is 2. The van der Waals surface area contributed by atoms with Gasteiger partial charge in [0.05, 0.1) is 28.6 Å². The molecule has 7 nitrogen and oxygen atoms in total. The summed E-state index contributed by atoms with van der Waals surface area (Å²) in [4.78, 5) is 21.4. The van der Waals surface area contributed by atoms with Crippen LogP contribution in [0.3, 0.4) is 0 Å². The number of carbonyl (C=O) groups excluding carboxylic acids is 1. The lowest BCUT2D eigenvalue weighted by atomic mass is 10.2. The maximum atomic E-state index is 14.2. The first-order valence-electron chi connectivity index (χ1n) is 10.8. The smallest absolute Gasteiger partial charge is 0.229 e. The summed E-state index contributed by atoms with van der Waals surface area (Å²) in [5.41, 5.74) is 1.18. The molecule has 184 valence electrons. The second-order valence-corrected chi connectivity index (χ2v) is 11.1. The summed E-state index contributed by atoms with van der Waals surface area (Å²) < 4.78 is 45.7. The maximum Gasteiger partial charge on any atom is 0.229 e. The van der Waals surface area contributed by atoms with E-state index in [-0.39, 0.29) is 40.9 Å². The predicted octanol–water partition coefficient (Wildman–Crippen LogP) is 3.69. The van der Waals surface area contributed by atoms with Crippen molar-refractivity contribution >= 4 is 54.8 Å². The van der Waals surface area contributed by atoms with Crippen LogP contribution in [0.15, 0.2) is 47.4 Å². The van der Waals surface area contributed by atoms with Gasteiger partial charge in [-0.25, -0.2) is 17.8 Å². The molecule has 1 saturated heterocycles. The van der Waals surface area contributed by atoms with Gasteiger partial charge in [0.2, 0.25) is 5.91 Å². The number of ether oxygens (including phenoxy) is 1. The molecule has 0 radical (unpaired) electrons. The molecule has 0 unspecified atom stereocenters.